The van der Waals surface area contributed by atoms with Gasteiger partial charge in [-0.3, -0.25) is 5.10 Å². The molecule has 0 radical (unpaired) electrons. The maximum Gasteiger partial charge on any atom is 0.0782 e. The number of hydrogen-bond acceptors (Lipinski definition) is 3. The van der Waals surface area contributed by atoms with Crippen molar-refractivity contribution in [2.45, 2.75) is 6.42 Å². The fourth-order valence-corrected chi connectivity index (χ4v) is 2.73. The van der Waals surface area contributed by atoms with Gasteiger partial charge in [-0.25, -0.2) is 0 Å². The molecule has 2 rings (SSSR count). The molecule has 3 N–H and O–H groups in total. The van der Waals surface area contributed by atoms with Crippen LogP contribution in [0.25, 0.3) is 10.6 Å². The van der Waals surface area contributed by atoms with E-state index in [1.807, 2.05) is 12.3 Å². The molecule has 0 unspecified atom stereocenters. The predicted octanol–water partition coefficient (Wildman–Crippen LogP) is 2.40. The summed E-state index contributed by atoms with van der Waals surface area (Å²) in [5.41, 5.74) is 7.80. The summed E-state index contributed by atoms with van der Waals surface area (Å²) in [6, 6.07) is 4.11. The average Bonchev–Trinajstić information content (AvgIpc) is 2.74. The molecule has 0 aromatic carbocycles. The normalized spacial score (nSPS) is 10.7. The third kappa shape index (κ3) is 1.89. The predicted molar refractivity (Wildman–Crippen MR) is 62.4 cm³/mol. The van der Waals surface area contributed by atoms with Crippen LogP contribution in [0.3, 0.4) is 0 Å². The lowest BCUT2D eigenvalue weighted by molar-refractivity contribution is 0.972. The van der Waals surface area contributed by atoms with Crippen LogP contribution in [0.1, 0.15) is 5.56 Å². The lowest BCUT2D eigenvalue weighted by Crippen LogP contribution is -2.02. The van der Waals surface area contributed by atoms with Gasteiger partial charge in [-0.2, -0.15) is 5.10 Å². The molecule has 74 valence electrons. The molecule has 0 aliphatic carbocycles. The van der Waals surface area contributed by atoms with Crippen molar-refractivity contribution in [3.63, 3.8) is 0 Å². The van der Waals surface area contributed by atoms with Crippen molar-refractivity contribution in [1.82, 2.24) is 10.2 Å². The zero-order valence-corrected chi connectivity index (χ0v) is 9.86. The van der Waals surface area contributed by atoms with E-state index in [9.17, 15) is 0 Å². The summed E-state index contributed by atoms with van der Waals surface area (Å²) in [6.07, 6.45) is 2.71. The van der Waals surface area contributed by atoms with Crippen molar-refractivity contribution >= 4 is 27.3 Å². The molecule has 2 aromatic rings. The molecule has 0 bridgehead atoms. The van der Waals surface area contributed by atoms with Crippen LogP contribution in [-0.2, 0) is 6.42 Å². The molecule has 0 saturated carbocycles. The third-order valence-electron chi connectivity index (χ3n) is 1.95. The third-order valence-corrected chi connectivity index (χ3v) is 3.59. The van der Waals surface area contributed by atoms with Crippen LogP contribution < -0.4 is 5.73 Å². The minimum Gasteiger partial charge on any atom is -0.330 e. The van der Waals surface area contributed by atoms with Crippen molar-refractivity contribution in [1.29, 1.82) is 0 Å². The largest absolute Gasteiger partial charge is 0.330 e. The molecule has 0 amide bonds. The standard InChI is InChI=1S/C9H10BrN3S/c10-8-2-1-7(14-8)9-6(3-4-11)5-12-13-9/h1-2,5H,3-4,11H2,(H,12,13). The first-order valence-electron chi connectivity index (χ1n) is 4.29. The highest BCUT2D eigenvalue weighted by Gasteiger charge is 2.08. The second kappa shape index (κ2) is 4.25. The molecule has 3 nitrogen and oxygen atoms in total. The van der Waals surface area contributed by atoms with E-state index in [-0.39, 0.29) is 0 Å². The van der Waals surface area contributed by atoms with Crippen LogP contribution >= 0.6 is 27.3 Å². The van der Waals surface area contributed by atoms with E-state index in [1.165, 1.54) is 10.4 Å². The van der Waals surface area contributed by atoms with Crippen LogP contribution in [0.5, 0.6) is 0 Å². The topological polar surface area (TPSA) is 54.7 Å². The van der Waals surface area contributed by atoms with Gasteiger partial charge in [0.1, 0.15) is 0 Å². The number of nitrogens with two attached hydrogens (primary N) is 1. The van der Waals surface area contributed by atoms with Crippen molar-refractivity contribution in [2.24, 2.45) is 5.73 Å². The molecule has 2 heterocycles. The molecule has 5 heteroatoms. The molecular formula is C9H10BrN3S. The van der Waals surface area contributed by atoms with Crippen LogP contribution in [0.15, 0.2) is 22.1 Å². The molecule has 0 aliphatic heterocycles. The molecule has 0 aliphatic rings. The minimum absolute atomic E-state index is 0.652. The molecule has 0 spiro atoms. The number of thiophene rings is 1. The fourth-order valence-electron chi connectivity index (χ4n) is 1.32. The first kappa shape index (κ1) is 9.89. The Kier molecular flexibility index (Phi) is 3.00. The summed E-state index contributed by atoms with van der Waals surface area (Å²) < 4.78 is 1.13. The quantitative estimate of drug-likeness (QED) is 0.901. The minimum atomic E-state index is 0.652. The highest BCUT2D eigenvalue weighted by atomic mass is 79.9. The Morgan fingerprint density at radius 2 is 2.36 bits per heavy atom. The Labute approximate surface area is 94.5 Å². The highest BCUT2D eigenvalue weighted by molar-refractivity contribution is 9.11. The Morgan fingerprint density at radius 3 is 3.00 bits per heavy atom. The van der Waals surface area contributed by atoms with Gasteiger partial charge in [-0.1, -0.05) is 0 Å². The Balaban J connectivity index is 2.36. The molecular weight excluding hydrogens is 262 g/mol. The summed E-state index contributed by atoms with van der Waals surface area (Å²) in [7, 11) is 0. The van der Waals surface area contributed by atoms with Gasteiger partial charge in [0, 0.05) is 0 Å². The smallest absolute Gasteiger partial charge is 0.0782 e. The first-order chi connectivity index (χ1) is 6.81. The Hall–Kier alpha value is -0.650. The summed E-state index contributed by atoms with van der Waals surface area (Å²) in [6.45, 7) is 0.652. The highest BCUT2D eigenvalue weighted by Crippen LogP contribution is 2.31. The lowest BCUT2D eigenvalue weighted by atomic mass is 10.1. The maximum atomic E-state index is 5.52. The van der Waals surface area contributed by atoms with Gasteiger partial charge in [0.2, 0.25) is 0 Å². The van der Waals surface area contributed by atoms with Gasteiger partial charge < -0.3 is 5.73 Å². The van der Waals surface area contributed by atoms with E-state index in [4.69, 9.17) is 5.73 Å². The number of aromatic nitrogens is 2. The molecule has 0 atom stereocenters. The maximum absolute atomic E-state index is 5.52. The molecule has 2 aromatic heterocycles. The monoisotopic (exact) mass is 271 g/mol. The van der Waals surface area contributed by atoms with E-state index >= 15 is 0 Å². The second-order valence-electron chi connectivity index (χ2n) is 2.91. The Morgan fingerprint density at radius 1 is 1.50 bits per heavy atom. The van der Waals surface area contributed by atoms with Crippen molar-refractivity contribution < 1.29 is 0 Å². The molecule has 0 fully saturated rings. The van der Waals surface area contributed by atoms with E-state index in [2.05, 4.69) is 32.2 Å². The number of halogens is 1. The van der Waals surface area contributed by atoms with Crippen LogP contribution in [0.4, 0.5) is 0 Å². The number of H-pyrrole nitrogens is 1. The average molecular weight is 272 g/mol. The zero-order chi connectivity index (χ0) is 9.97. The lowest BCUT2D eigenvalue weighted by Gasteiger charge is -1.97. The van der Waals surface area contributed by atoms with Gasteiger partial charge in [0.15, 0.2) is 0 Å². The SMILES string of the molecule is NCCc1cn[nH]c1-c1ccc(Br)s1. The van der Waals surface area contributed by atoms with E-state index in [0.29, 0.717) is 6.54 Å². The zero-order valence-electron chi connectivity index (χ0n) is 7.46. The second-order valence-corrected chi connectivity index (χ2v) is 5.38. The van der Waals surface area contributed by atoms with Crippen LogP contribution in [0, 0.1) is 0 Å². The van der Waals surface area contributed by atoms with Crippen LogP contribution in [0.2, 0.25) is 0 Å². The first-order valence-corrected chi connectivity index (χ1v) is 5.90. The number of aromatic amines is 1. The summed E-state index contributed by atoms with van der Waals surface area (Å²) >= 11 is 5.13. The van der Waals surface area contributed by atoms with Gasteiger partial charge in [0.05, 0.1) is 20.6 Å². The number of nitrogens with one attached hydrogen (secondary N) is 1. The van der Waals surface area contributed by atoms with Gasteiger partial charge >= 0.3 is 0 Å². The fraction of sp³-hybridized carbons (Fsp3) is 0.222. The van der Waals surface area contributed by atoms with Gasteiger partial charge in [-0.05, 0) is 46.6 Å². The molecule has 0 saturated heterocycles. The van der Waals surface area contributed by atoms with E-state index in [1.54, 1.807) is 11.3 Å². The van der Waals surface area contributed by atoms with Crippen LogP contribution in [-0.4, -0.2) is 16.7 Å². The summed E-state index contributed by atoms with van der Waals surface area (Å²) in [4.78, 5) is 1.19. The molecule has 14 heavy (non-hydrogen) atoms. The summed E-state index contributed by atoms with van der Waals surface area (Å²) in [5.74, 6) is 0. The van der Waals surface area contributed by atoms with E-state index < -0.39 is 0 Å². The van der Waals surface area contributed by atoms with E-state index in [0.717, 1.165) is 15.9 Å². The number of rotatable bonds is 3. The van der Waals surface area contributed by atoms with Crippen molar-refractivity contribution in [3.05, 3.63) is 27.7 Å². The van der Waals surface area contributed by atoms with Crippen molar-refractivity contribution in [3.8, 4) is 10.6 Å². The number of nitrogens with zero attached hydrogens (tertiary/aromatic N) is 1. The summed E-state index contributed by atoms with van der Waals surface area (Å²) in [5, 5.41) is 7.04. The van der Waals surface area contributed by atoms with Gasteiger partial charge in [-0.15, -0.1) is 11.3 Å². The number of hydrogen-bond donors (Lipinski definition) is 2. The Bertz CT molecular complexity index is 421. The van der Waals surface area contributed by atoms with Crippen molar-refractivity contribution in [2.75, 3.05) is 6.54 Å². The van der Waals surface area contributed by atoms with Gasteiger partial charge in [0.25, 0.3) is 0 Å².